The summed E-state index contributed by atoms with van der Waals surface area (Å²) in [6.07, 6.45) is 0. The van der Waals surface area contributed by atoms with Gasteiger partial charge in [-0.1, -0.05) is 26.0 Å². The predicted molar refractivity (Wildman–Crippen MR) is 63.8 cm³/mol. The van der Waals surface area contributed by atoms with Crippen molar-refractivity contribution in [2.24, 2.45) is 5.92 Å². The molecule has 0 saturated heterocycles. The number of carbonyl (C=O) groups excluding carboxylic acids is 1. The molecule has 0 spiro atoms. The van der Waals surface area contributed by atoms with Gasteiger partial charge in [-0.05, 0) is 12.0 Å². The van der Waals surface area contributed by atoms with Gasteiger partial charge in [0.2, 0.25) is 0 Å². The molecule has 0 bridgehead atoms. The average Bonchev–Trinajstić information content (AvgIpc) is 2.33. The van der Waals surface area contributed by atoms with E-state index in [9.17, 15) is 13.6 Å². The van der Waals surface area contributed by atoms with Crippen LogP contribution in [0.2, 0.25) is 0 Å². The highest BCUT2D eigenvalue weighted by Gasteiger charge is 2.22. The van der Waals surface area contributed by atoms with Crippen molar-refractivity contribution >= 4 is 5.97 Å². The van der Waals surface area contributed by atoms with E-state index in [1.807, 2.05) is 13.8 Å². The van der Waals surface area contributed by atoms with Crippen LogP contribution in [0.5, 0.6) is 0 Å². The van der Waals surface area contributed by atoms with Gasteiger partial charge < -0.3 is 4.74 Å². The summed E-state index contributed by atoms with van der Waals surface area (Å²) in [7, 11) is 1.29. The molecule has 0 aliphatic carbocycles. The first-order valence-corrected chi connectivity index (χ1v) is 5.71. The molecule has 1 rings (SSSR count). The minimum absolute atomic E-state index is 0.00549. The Morgan fingerprint density at radius 2 is 2.06 bits per heavy atom. The van der Waals surface area contributed by atoms with Crippen LogP contribution in [0.25, 0.3) is 0 Å². The maximum Gasteiger partial charge on any atom is 0.323 e. The topological polar surface area (TPSA) is 38.3 Å². The van der Waals surface area contributed by atoms with Crippen LogP contribution < -0.4 is 5.32 Å². The molecule has 0 saturated carbocycles. The lowest BCUT2D eigenvalue weighted by atomic mass is 10.0. The third kappa shape index (κ3) is 3.50. The molecule has 0 unspecified atom stereocenters. The van der Waals surface area contributed by atoms with Gasteiger partial charge in [-0.3, -0.25) is 10.1 Å². The largest absolute Gasteiger partial charge is 0.468 e. The summed E-state index contributed by atoms with van der Waals surface area (Å²) < 4.78 is 31.0. The third-order valence-electron chi connectivity index (χ3n) is 2.67. The standard InChI is InChI=1S/C13H17F2NO2/c1-8(2)12(13(17)18-3)16-7-9-5-4-6-10(14)11(9)15/h4-6,8,12,16H,7H2,1-3H3/t12-/m0/s1. The second-order valence-electron chi connectivity index (χ2n) is 4.34. The highest BCUT2D eigenvalue weighted by Crippen LogP contribution is 2.12. The number of ether oxygens (including phenoxy) is 1. The van der Waals surface area contributed by atoms with Crippen molar-refractivity contribution in [3.05, 3.63) is 35.4 Å². The molecule has 0 aliphatic heterocycles. The maximum absolute atomic E-state index is 13.4. The second-order valence-corrected chi connectivity index (χ2v) is 4.34. The van der Waals surface area contributed by atoms with Crippen LogP contribution in [-0.4, -0.2) is 19.1 Å². The van der Waals surface area contributed by atoms with Gasteiger partial charge in [-0.25, -0.2) is 8.78 Å². The van der Waals surface area contributed by atoms with Crippen molar-refractivity contribution < 1.29 is 18.3 Å². The SMILES string of the molecule is COC(=O)[C@@H](NCc1cccc(F)c1F)C(C)C. The van der Waals surface area contributed by atoms with Crippen LogP contribution in [0.4, 0.5) is 8.78 Å². The number of benzene rings is 1. The lowest BCUT2D eigenvalue weighted by Crippen LogP contribution is -2.41. The molecular weight excluding hydrogens is 240 g/mol. The number of hydrogen-bond donors (Lipinski definition) is 1. The Bertz CT molecular complexity index is 421. The van der Waals surface area contributed by atoms with E-state index < -0.39 is 23.6 Å². The first-order chi connectivity index (χ1) is 8.47. The summed E-state index contributed by atoms with van der Waals surface area (Å²) in [5, 5.41) is 2.87. The summed E-state index contributed by atoms with van der Waals surface area (Å²) in [5.74, 6) is -2.21. The molecule has 1 atom stereocenters. The fourth-order valence-corrected chi connectivity index (χ4v) is 1.62. The van der Waals surface area contributed by atoms with Crippen molar-refractivity contribution in [2.45, 2.75) is 26.4 Å². The molecule has 3 nitrogen and oxygen atoms in total. The van der Waals surface area contributed by atoms with Crippen LogP contribution in [0.3, 0.4) is 0 Å². The molecule has 0 aromatic heterocycles. The number of esters is 1. The molecule has 0 aliphatic rings. The molecule has 100 valence electrons. The molecule has 0 radical (unpaired) electrons. The van der Waals surface area contributed by atoms with Gasteiger partial charge in [0.15, 0.2) is 11.6 Å². The predicted octanol–water partition coefficient (Wildman–Crippen LogP) is 2.25. The Kier molecular flexibility index (Phi) is 5.22. The van der Waals surface area contributed by atoms with Gasteiger partial charge in [0.05, 0.1) is 7.11 Å². The van der Waals surface area contributed by atoms with Crippen molar-refractivity contribution in [2.75, 3.05) is 7.11 Å². The number of rotatable bonds is 5. The van der Waals surface area contributed by atoms with E-state index in [1.165, 1.54) is 19.2 Å². The fraction of sp³-hybridized carbons (Fsp3) is 0.462. The Morgan fingerprint density at radius 1 is 1.39 bits per heavy atom. The molecular formula is C13H17F2NO2. The number of carbonyl (C=O) groups is 1. The molecule has 5 heteroatoms. The summed E-state index contributed by atoms with van der Waals surface area (Å²) in [6, 6.07) is 3.41. The molecule has 1 N–H and O–H groups in total. The molecule has 0 amide bonds. The summed E-state index contributed by atoms with van der Waals surface area (Å²) in [5.41, 5.74) is 0.185. The maximum atomic E-state index is 13.4. The van der Waals surface area contributed by atoms with Crippen LogP contribution in [0.1, 0.15) is 19.4 Å². The zero-order valence-electron chi connectivity index (χ0n) is 10.7. The number of methoxy groups -OCH3 is 1. The van der Waals surface area contributed by atoms with Crippen LogP contribution in [0.15, 0.2) is 18.2 Å². The zero-order valence-corrected chi connectivity index (χ0v) is 10.7. The first kappa shape index (κ1) is 14.6. The monoisotopic (exact) mass is 257 g/mol. The lowest BCUT2D eigenvalue weighted by molar-refractivity contribution is -0.144. The quantitative estimate of drug-likeness (QED) is 0.822. The minimum Gasteiger partial charge on any atom is -0.468 e. The fourth-order valence-electron chi connectivity index (χ4n) is 1.62. The number of halogens is 2. The third-order valence-corrected chi connectivity index (χ3v) is 2.67. The number of hydrogen-bond acceptors (Lipinski definition) is 3. The van der Waals surface area contributed by atoms with E-state index in [4.69, 9.17) is 0 Å². The van der Waals surface area contributed by atoms with Crippen LogP contribution in [-0.2, 0) is 16.1 Å². The average molecular weight is 257 g/mol. The van der Waals surface area contributed by atoms with E-state index in [0.29, 0.717) is 0 Å². The number of nitrogens with one attached hydrogen (secondary N) is 1. The highest BCUT2D eigenvalue weighted by molar-refractivity contribution is 5.75. The molecule has 1 aromatic rings. The highest BCUT2D eigenvalue weighted by atomic mass is 19.2. The van der Waals surface area contributed by atoms with Gasteiger partial charge in [0.25, 0.3) is 0 Å². The van der Waals surface area contributed by atoms with Crippen LogP contribution in [0, 0.1) is 17.6 Å². The van der Waals surface area contributed by atoms with Crippen molar-refractivity contribution in [3.63, 3.8) is 0 Å². The van der Waals surface area contributed by atoms with E-state index >= 15 is 0 Å². The summed E-state index contributed by atoms with van der Waals surface area (Å²) in [4.78, 5) is 11.5. The molecule has 0 fully saturated rings. The summed E-state index contributed by atoms with van der Waals surface area (Å²) >= 11 is 0. The minimum atomic E-state index is -0.895. The lowest BCUT2D eigenvalue weighted by Gasteiger charge is -2.20. The van der Waals surface area contributed by atoms with Crippen molar-refractivity contribution in [3.8, 4) is 0 Å². The van der Waals surface area contributed by atoms with Gasteiger partial charge in [0, 0.05) is 12.1 Å². The first-order valence-electron chi connectivity index (χ1n) is 5.71. The van der Waals surface area contributed by atoms with Crippen molar-refractivity contribution in [1.82, 2.24) is 5.32 Å². The Balaban J connectivity index is 2.73. The van der Waals surface area contributed by atoms with E-state index in [1.54, 1.807) is 0 Å². The van der Waals surface area contributed by atoms with E-state index in [-0.39, 0.29) is 18.0 Å². The Hall–Kier alpha value is -1.49. The normalized spacial score (nSPS) is 12.6. The van der Waals surface area contributed by atoms with Gasteiger partial charge >= 0.3 is 5.97 Å². The second kappa shape index (κ2) is 6.44. The zero-order chi connectivity index (χ0) is 13.7. The van der Waals surface area contributed by atoms with Crippen molar-refractivity contribution in [1.29, 1.82) is 0 Å². The van der Waals surface area contributed by atoms with E-state index in [2.05, 4.69) is 10.1 Å². The van der Waals surface area contributed by atoms with Gasteiger partial charge in [0.1, 0.15) is 6.04 Å². The van der Waals surface area contributed by atoms with Gasteiger partial charge in [-0.2, -0.15) is 0 Å². The Morgan fingerprint density at radius 3 is 2.61 bits per heavy atom. The molecule has 0 heterocycles. The summed E-state index contributed by atoms with van der Waals surface area (Å²) in [6.45, 7) is 3.76. The van der Waals surface area contributed by atoms with E-state index in [0.717, 1.165) is 6.07 Å². The smallest absolute Gasteiger partial charge is 0.323 e. The van der Waals surface area contributed by atoms with Crippen LogP contribution >= 0.6 is 0 Å². The Labute approximate surface area is 105 Å². The van der Waals surface area contributed by atoms with Gasteiger partial charge in [-0.15, -0.1) is 0 Å². The molecule has 1 aromatic carbocycles. The molecule has 18 heavy (non-hydrogen) atoms.